The van der Waals surface area contributed by atoms with E-state index in [1.165, 1.54) is 6.92 Å². The summed E-state index contributed by atoms with van der Waals surface area (Å²) in [6, 6.07) is 3.72. The Kier molecular flexibility index (Phi) is 15.2. The van der Waals surface area contributed by atoms with Crippen molar-refractivity contribution in [2.45, 2.75) is 19.8 Å². The number of halogens is 4. The number of rotatable bonds is 20. The molecule has 1 fully saturated rings. The normalized spacial score (nSPS) is 14.1. The SMILES string of the molecule is COc1c[nH]c2cc(Br)c(OCCOc3nc(OCCOc4c(Br)cc5[nH]cc(OC(C)=O)c5c4Br)nc(N4CC[N+](CCCO)(CCCS(=O)(=O)O)CC4)n3)c(Br)c12. The molecule has 18 nitrogen and oxygen atoms in total. The van der Waals surface area contributed by atoms with E-state index in [2.05, 4.69) is 88.6 Å². The molecule has 4 N–H and O–H groups in total. The molecular weight excluding hydrogens is 1060 g/mol. The van der Waals surface area contributed by atoms with Crippen molar-refractivity contribution in [3.63, 3.8) is 0 Å². The van der Waals surface area contributed by atoms with Crippen LogP contribution in [0.15, 0.2) is 42.4 Å². The molecule has 0 spiro atoms. The number of fused-ring (bicyclic) bond motifs is 2. The van der Waals surface area contributed by atoms with Crippen LogP contribution >= 0.6 is 63.7 Å². The third-order valence-electron chi connectivity index (χ3n) is 9.54. The zero-order chi connectivity index (χ0) is 42.3. The van der Waals surface area contributed by atoms with Crippen molar-refractivity contribution in [3.05, 3.63) is 42.4 Å². The molecule has 0 bridgehead atoms. The summed E-state index contributed by atoms with van der Waals surface area (Å²) in [5.41, 5.74) is 1.58. The van der Waals surface area contributed by atoms with Crippen LogP contribution < -0.4 is 33.3 Å². The molecule has 0 aliphatic carbocycles. The van der Waals surface area contributed by atoms with Crippen LogP contribution in [-0.4, -0.2) is 139 Å². The lowest BCUT2D eigenvalue weighted by Gasteiger charge is -2.45. The van der Waals surface area contributed by atoms with Crippen LogP contribution in [0.5, 0.6) is 35.0 Å². The van der Waals surface area contributed by atoms with E-state index in [4.69, 9.17) is 28.4 Å². The molecule has 4 heterocycles. The van der Waals surface area contributed by atoms with Crippen molar-refractivity contribution in [1.82, 2.24) is 24.9 Å². The minimum absolute atomic E-state index is 0.00105. The van der Waals surface area contributed by atoms with E-state index in [1.54, 1.807) is 19.5 Å². The van der Waals surface area contributed by atoms with Crippen LogP contribution in [-0.2, 0) is 14.9 Å². The van der Waals surface area contributed by atoms with Gasteiger partial charge in [0.25, 0.3) is 10.1 Å². The predicted octanol–water partition coefficient (Wildman–Crippen LogP) is 6.03. The van der Waals surface area contributed by atoms with Crippen molar-refractivity contribution in [1.29, 1.82) is 0 Å². The van der Waals surface area contributed by atoms with Gasteiger partial charge in [0, 0.05) is 38.8 Å². The van der Waals surface area contributed by atoms with Crippen LogP contribution in [0.1, 0.15) is 19.8 Å². The molecule has 0 unspecified atom stereocenters. The first-order valence-electron chi connectivity index (χ1n) is 18.3. The topological polar surface area (TPSA) is 221 Å². The van der Waals surface area contributed by atoms with Crippen LogP contribution in [0.4, 0.5) is 5.95 Å². The second-order valence-electron chi connectivity index (χ2n) is 13.5. The van der Waals surface area contributed by atoms with E-state index < -0.39 is 16.1 Å². The average molecular weight is 1100 g/mol. The lowest BCUT2D eigenvalue weighted by atomic mass is 10.2. The number of nitrogens with zero attached hydrogens (tertiary/aromatic N) is 5. The third kappa shape index (κ3) is 11.3. The first-order valence-corrected chi connectivity index (χ1v) is 23.1. The Bertz CT molecular complexity index is 2390. The molecule has 2 aromatic carbocycles. The first kappa shape index (κ1) is 45.1. The summed E-state index contributed by atoms with van der Waals surface area (Å²) >= 11 is 14.4. The Morgan fingerprint density at radius 2 is 1.32 bits per heavy atom. The van der Waals surface area contributed by atoms with Gasteiger partial charge in [0.15, 0.2) is 5.75 Å². The van der Waals surface area contributed by atoms with E-state index >= 15 is 0 Å². The number of hydrogen-bond donors (Lipinski definition) is 4. The van der Waals surface area contributed by atoms with Crippen molar-refractivity contribution in [2.24, 2.45) is 0 Å². The number of ether oxygens (including phenoxy) is 6. The highest BCUT2D eigenvalue weighted by molar-refractivity contribution is 9.11. The lowest BCUT2D eigenvalue weighted by Crippen LogP contribution is -2.61. The summed E-state index contributed by atoms with van der Waals surface area (Å²) in [5.74, 6) is 1.57. The summed E-state index contributed by atoms with van der Waals surface area (Å²) in [5, 5.41) is 11.0. The number of anilines is 1. The van der Waals surface area contributed by atoms with E-state index in [0.717, 1.165) is 20.9 Å². The summed E-state index contributed by atoms with van der Waals surface area (Å²) in [4.78, 5) is 33.5. The molecule has 320 valence electrons. The molecular formula is C36H42Br4N7O11S+. The fraction of sp³-hybridized carbons (Fsp3) is 0.444. The Morgan fingerprint density at radius 1 is 0.814 bits per heavy atom. The first-order chi connectivity index (χ1) is 28.2. The van der Waals surface area contributed by atoms with E-state index in [9.17, 15) is 22.9 Å². The fourth-order valence-electron chi connectivity index (χ4n) is 6.79. The Labute approximate surface area is 373 Å². The zero-order valence-electron chi connectivity index (χ0n) is 31.9. The highest BCUT2D eigenvalue weighted by atomic mass is 79.9. The molecule has 1 saturated heterocycles. The highest BCUT2D eigenvalue weighted by Crippen LogP contribution is 2.44. The van der Waals surface area contributed by atoms with Crippen LogP contribution in [0, 0.1) is 0 Å². The molecule has 1 aliphatic rings. The molecule has 5 aromatic rings. The number of quaternary nitrogens is 1. The maximum Gasteiger partial charge on any atom is 0.324 e. The number of aliphatic hydroxyl groups is 1. The van der Waals surface area contributed by atoms with Gasteiger partial charge < -0.3 is 52.9 Å². The number of hydrogen-bond acceptors (Lipinski definition) is 14. The molecule has 1 aliphatic heterocycles. The Hall–Kier alpha value is -3.45. The van der Waals surface area contributed by atoms with Crippen LogP contribution in [0.2, 0.25) is 0 Å². The molecule has 0 atom stereocenters. The maximum atomic E-state index is 11.7. The van der Waals surface area contributed by atoms with Crippen LogP contribution in [0.3, 0.4) is 0 Å². The summed E-state index contributed by atoms with van der Waals surface area (Å²) in [6.07, 6.45) is 4.20. The number of esters is 1. The third-order valence-corrected chi connectivity index (χ3v) is 13.0. The number of aliphatic hydroxyl groups excluding tert-OH is 1. The van der Waals surface area contributed by atoms with Crippen molar-refractivity contribution >= 4 is 108 Å². The number of methoxy groups -OCH3 is 1. The molecule has 23 heteroatoms. The molecule has 3 aromatic heterocycles. The second-order valence-corrected chi connectivity index (χ2v) is 18.4. The van der Waals surface area contributed by atoms with Gasteiger partial charge in [0.05, 0.1) is 91.8 Å². The average Bonchev–Trinajstić information content (AvgIpc) is 3.79. The molecule has 0 amide bonds. The van der Waals surface area contributed by atoms with Crippen molar-refractivity contribution in [3.8, 4) is 35.0 Å². The quantitative estimate of drug-likeness (QED) is 0.0303. The molecule has 59 heavy (non-hydrogen) atoms. The van der Waals surface area contributed by atoms with Gasteiger partial charge in [0.2, 0.25) is 5.95 Å². The Morgan fingerprint density at radius 3 is 1.83 bits per heavy atom. The number of benzene rings is 2. The number of carbonyl (C=O) groups excluding carboxylic acids is 1. The number of piperazine rings is 1. The fourth-order valence-corrected chi connectivity index (χ4v) is 10.4. The Balaban J connectivity index is 1.16. The largest absolute Gasteiger partial charge is 0.494 e. The lowest BCUT2D eigenvalue weighted by molar-refractivity contribution is -0.928. The van der Waals surface area contributed by atoms with Gasteiger partial charge in [-0.2, -0.15) is 18.4 Å². The zero-order valence-corrected chi connectivity index (χ0v) is 39.1. The predicted molar refractivity (Wildman–Crippen MR) is 232 cm³/mol. The molecule has 0 saturated carbocycles. The standard InChI is InChI=1S/C36H41Br4N7O11S/c1-21(49)58-27-20-42-25-18-23(38)33(31(40)29(25)27)55-13-15-57-36-44-34(46-5-9-47(10-6-46,7-3-11-48)8-4-16-59(50,51)52)43-35(45-36)56-14-12-54-32-22(37)17-24-28(30(32)39)26(53-2)19-41-24/h17-20,41-42,48H,3-16H2,1-2H3/p+1. The van der Waals surface area contributed by atoms with Gasteiger partial charge in [-0.1, -0.05) is 0 Å². The summed E-state index contributed by atoms with van der Waals surface area (Å²) < 4.78 is 70.5. The number of nitrogens with one attached hydrogen (secondary N) is 2. The molecule has 6 rings (SSSR count). The van der Waals surface area contributed by atoms with Crippen molar-refractivity contribution in [2.75, 3.05) is 90.1 Å². The minimum Gasteiger partial charge on any atom is -0.494 e. The van der Waals surface area contributed by atoms with Crippen LogP contribution in [0.25, 0.3) is 21.8 Å². The summed E-state index contributed by atoms with van der Waals surface area (Å²) in [7, 11) is -2.50. The van der Waals surface area contributed by atoms with Gasteiger partial charge in [-0.15, -0.1) is 4.98 Å². The van der Waals surface area contributed by atoms with Crippen molar-refractivity contribution < 1.29 is 55.8 Å². The van der Waals surface area contributed by atoms with Gasteiger partial charge in [-0.3, -0.25) is 9.35 Å². The minimum atomic E-state index is -4.09. The van der Waals surface area contributed by atoms with Gasteiger partial charge >= 0.3 is 18.0 Å². The maximum absolute atomic E-state index is 11.7. The number of aromatic nitrogens is 5. The second kappa shape index (κ2) is 19.9. The number of carbonyl (C=O) groups is 1. The number of aromatic amines is 2. The van der Waals surface area contributed by atoms with E-state index in [-0.39, 0.29) is 57.2 Å². The monoisotopic (exact) mass is 1100 g/mol. The van der Waals surface area contributed by atoms with Gasteiger partial charge in [-0.05, 0) is 75.9 Å². The molecule has 0 radical (unpaired) electrons. The van der Waals surface area contributed by atoms with E-state index in [1.807, 2.05) is 17.0 Å². The van der Waals surface area contributed by atoms with E-state index in [0.29, 0.717) is 97.9 Å². The summed E-state index contributed by atoms with van der Waals surface area (Å²) in [6.45, 7) is 5.11. The highest BCUT2D eigenvalue weighted by Gasteiger charge is 2.34. The number of H-pyrrole nitrogens is 2. The van der Waals surface area contributed by atoms with Gasteiger partial charge in [-0.25, -0.2) is 0 Å². The van der Waals surface area contributed by atoms with Gasteiger partial charge in [0.1, 0.15) is 43.7 Å². The smallest absolute Gasteiger partial charge is 0.324 e.